The first kappa shape index (κ1) is 10.0. The van der Waals surface area contributed by atoms with E-state index in [1.165, 1.54) is 31.4 Å². The van der Waals surface area contributed by atoms with E-state index in [4.69, 9.17) is 0 Å². The molecule has 2 nitrogen and oxygen atoms in total. The predicted octanol–water partition coefficient (Wildman–Crippen LogP) is 3.26. The molecule has 0 aliphatic rings. The van der Waals surface area contributed by atoms with E-state index in [1.807, 2.05) is 12.1 Å². The number of nitrogens with zero attached hydrogens (tertiary/aromatic N) is 1. The normalized spacial score (nSPS) is 12.7. The molecule has 0 aliphatic heterocycles. The number of H-pyrrole nitrogens is 1. The Hall–Kier alpha value is -1.05. The summed E-state index contributed by atoms with van der Waals surface area (Å²) < 4.78 is 0. The van der Waals surface area contributed by atoms with Crippen LogP contribution in [0.4, 0.5) is 0 Å². The molecule has 0 fully saturated rings. The summed E-state index contributed by atoms with van der Waals surface area (Å²) in [6, 6.07) is 2.03. The van der Waals surface area contributed by atoms with Crippen molar-refractivity contribution in [2.45, 2.75) is 38.5 Å². The van der Waals surface area contributed by atoms with Gasteiger partial charge in [-0.05, 0) is 12.5 Å². The van der Waals surface area contributed by atoms with E-state index < -0.39 is 0 Å². The van der Waals surface area contributed by atoms with Crippen LogP contribution in [0, 0.1) is 0 Å². The van der Waals surface area contributed by atoms with Crippen LogP contribution in [0.1, 0.15) is 44.2 Å². The van der Waals surface area contributed by atoms with Crippen LogP contribution >= 0.6 is 0 Å². The third kappa shape index (κ3) is 3.05. The van der Waals surface area contributed by atoms with Crippen LogP contribution in [0.3, 0.4) is 0 Å². The Morgan fingerprint density at radius 1 is 1.62 bits per heavy atom. The molecule has 0 spiro atoms. The van der Waals surface area contributed by atoms with Gasteiger partial charge in [0, 0.05) is 17.8 Å². The zero-order valence-corrected chi connectivity index (χ0v) is 8.29. The molecule has 13 heavy (non-hydrogen) atoms. The maximum atomic E-state index is 3.95. The van der Waals surface area contributed by atoms with Gasteiger partial charge in [-0.25, -0.2) is 0 Å². The molecule has 0 bridgehead atoms. The van der Waals surface area contributed by atoms with Crippen LogP contribution in [-0.2, 0) is 0 Å². The van der Waals surface area contributed by atoms with Crippen LogP contribution in [-0.4, -0.2) is 10.2 Å². The van der Waals surface area contributed by atoms with Crippen LogP contribution in [0.25, 0.3) is 0 Å². The smallest absolute Gasteiger partial charge is 0.0490 e. The molecule has 0 amide bonds. The average molecular weight is 178 g/mol. The fourth-order valence-electron chi connectivity index (χ4n) is 1.49. The van der Waals surface area contributed by atoms with Gasteiger partial charge in [0.2, 0.25) is 0 Å². The first-order chi connectivity index (χ1) is 6.38. The monoisotopic (exact) mass is 178 g/mol. The zero-order valence-electron chi connectivity index (χ0n) is 8.29. The Morgan fingerprint density at radius 2 is 2.46 bits per heavy atom. The molecule has 0 radical (unpaired) electrons. The lowest BCUT2D eigenvalue weighted by Gasteiger charge is -2.08. The molecule has 0 saturated heterocycles. The van der Waals surface area contributed by atoms with E-state index in [2.05, 4.69) is 23.7 Å². The Labute approximate surface area is 80.1 Å². The van der Waals surface area contributed by atoms with Crippen molar-refractivity contribution in [2.75, 3.05) is 0 Å². The predicted molar refractivity (Wildman–Crippen MR) is 55.7 cm³/mol. The summed E-state index contributed by atoms with van der Waals surface area (Å²) >= 11 is 0. The summed E-state index contributed by atoms with van der Waals surface area (Å²) in [5.41, 5.74) is 1.19. The van der Waals surface area contributed by atoms with Crippen molar-refractivity contribution in [3.63, 3.8) is 0 Å². The van der Waals surface area contributed by atoms with E-state index in [1.54, 1.807) is 6.20 Å². The van der Waals surface area contributed by atoms with Gasteiger partial charge in [-0.15, -0.1) is 6.58 Å². The second-order valence-corrected chi connectivity index (χ2v) is 3.35. The first-order valence-electron chi connectivity index (χ1n) is 5.00. The highest BCUT2D eigenvalue weighted by molar-refractivity contribution is 5.11. The van der Waals surface area contributed by atoms with E-state index in [0.717, 1.165) is 0 Å². The molecule has 1 heterocycles. The standard InChI is InChI=1S/C11H18N2/c1-3-5-6-7-10(4-2)11-8-9-12-13-11/h4,8-10H,2-3,5-7H2,1H3,(H,12,13). The van der Waals surface area contributed by atoms with Gasteiger partial charge in [-0.2, -0.15) is 5.10 Å². The number of rotatable bonds is 6. The Balaban J connectivity index is 2.40. The minimum Gasteiger partial charge on any atom is -0.282 e. The molecule has 1 unspecified atom stereocenters. The molecule has 1 aromatic heterocycles. The highest BCUT2D eigenvalue weighted by Crippen LogP contribution is 2.20. The summed E-state index contributed by atoms with van der Waals surface area (Å²) in [5, 5.41) is 6.94. The van der Waals surface area contributed by atoms with Crippen LogP contribution in [0.2, 0.25) is 0 Å². The maximum Gasteiger partial charge on any atom is 0.0490 e. The van der Waals surface area contributed by atoms with Crippen molar-refractivity contribution in [1.29, 1.82) is 0 Å². The lowest BCUT2D eigenvalue weighted by Crippen LogP contribution is -1.95. The van der Waals surface area contributed by atoms with Crippen molar-refractivity contribution in [3.05, 3.63) is 30.6 Å². The van der Waals surface area contributed by atoms with Gasteiger partial charge in [0.15, 0.2) is 0 Å². The van der Waals surface area contributed by atoms with Gasteiger partial charge < -0.3 is 0 Å². The van der Waals surface area contributed by atoms with Gasteiger partial charge >= 0.3 is 0 Å². The van der Waals surface area contributed by atoms with E-state index in [-0.39, 0.29) is 0 Å². The summed E-state index contributed by atoms with van der Waals surface area (Å²) in [4.78, 5) is 0. The maximum absolute atomic E-state index is 3.95. The lowest BCUT2D eigenvalue weighted by molar-refractivity contribution is 0.619. The van der Waals surface area contributed by atoms with Crippen molar-refractivity contribution in [3.8, 4) is 0 Å². The molecule has 1 atom stereocenters. The Bertz CT molecular complexity index is 226. The molecular weight excluding hydrogens is 160 g/mol. The van der Waals surface area contributed by atoms with Crippen molar-refractivity contribution < 1.29 is 0 Å². The van der Waals surface area contributed by atoms with E-state index in [9.17, 15) is 0 Å². The molecule has 72 valence electrons. The SMILES string of the molecule is C=CC(CCCCC)c1ccn[nH]1. The number of unbranched alkanes of at least 4 members (excludes halogenated alkanes) is 2. The van der Waals surface area contributed by atoms with Crippen LogP contribution < -0.4 is 0 Å². The zero-order chi connectivity index (χ0) is 9.52. The molecule has 1 N–H and O–H groups in total. The number of hydrogen-bond acceptors (Lipinski definition) is 1. The van der Waals surface area contributed by atoms with Crippen molar-refractivity contribution in [1.82, 2.24) is 10.2 Å². The molecule has 0 aromatic carbocycles. The first-order valence-corrected chi connectivity index (χ1v) is 5.00. The Kier molecular flexibility index (Phi) is 4.30. The summed E-state index contributed by atoms with van der Waals surface area (Å²) in [7, 11) is 0. The fraction of sp³-hybridized carbons (Fsp3) is 0.545. The third-order valence-corrected chi connectivity index (χ3v) is 2.32. The number of allylic oxidation sites excluding steroid dienone is 1. The third-order valence-electron chi connectivity index (χ3n) is 2.32. The topological polar surface area (TPSA) is 28.7 Å². The van der Waals surface area contributed by atoms with Crippen LogP contribution in [0.15, 0.2) is 24.9 Å². The Morgan fingerprint density at radius 3 is 3.00 bits per heavy atom. The van der Waals surface area contributed by atoms with Gasteiger partial charge in [0.05, 0.1) is 0 Å². The minimum absolute atomic E-state index is 0.453. The van der Waals surface area contributed by atoms with Gasteiger partial charge in [0.25, 0.3) is 0 Å². The molecule has 1 rings (SSSR count). The molecule has 0 saturated carbocycles. The lowest BCUT2D eigenvalue weighted by atomic mass is 9.98. The molecule has 2 heteroatoms. The number of hydrogen-bond donors (Lipinski definition) is 1. The summed E-state index contributed by atoms with van der Waals surface area (Å²) in [6.07, 6.45) is 8.83. The van der Waals surface area contributed by atoms with Gasteiger partial charge in [-0.3, -0.25) is 5.10 Å². The fourth-order valence-corrected chi connectivity index (χ4v) is 1.49. The highest BCUT2D eigenvalue weighted by Gasteiger charge is 2.07. The minimum atomic E-state index is 0.453. The van der Waals surface area contributed by atoms with E-state index >= 15 is 0 Å². The second-order valence-electron chi connectivity index (χ2n) is 3.35. The number of aromatic nitrogens is 2. The van der Waals surface area contributed by atoms with Gasteiger partial charge in [0.1, 0.15) is 0 Å². The van der Waals surface area contributed by atoms with E-state index in [0.29, 0.717) is 5.92 Å². The number of nitrogens with one attached hydrogen (secondary N) is 1. The summed E-state index contributed by atoms with van der Waals surface area (Å²) in [6.45, 7) is 6.07. The highest BCUT2D eigenvalue weighted by atomic mass is 15.1. The van der Waals surface area contributed by atoms with Gasteiger partial charge in [-0.1, -0.05) is 32.3 Å². The van der Waals surface area contributed by atoms with Crippen molar-refractivity contribution >= 4 is 0 Å². The average Bonchev–Trinajstić information content (AvgIpc) is 2.65. The summed E-state index contributed by atoms with van der Waals surface area (Å²) in [5.74, 6) is 0.453. The van der Waals surface area contributed by atoms with Crippen LogP contribution in [0.5, 0.6) is 0 Å². The number of aromatic amines is 1. The molecule has 0 aliphatic carbocycles. The van der Waals surface area contributed by atoms with Crippen molar-refractivity contribution in [2.24, 2.45) is 0 Å². The molecule has 1 aromatic rings. The quantitative estimate of drug-likeness (QED) is 0.525. The second kappa shape index (κ2) is 5.57. The largest absolute Gasteiger partial charge is 0.282 e. The molecular formula is C11H18N2.